The molecule has 37 heavy (non-hydrogen) atoms. The topological polar surface area (TPSA) is 124 Å². The van der Waals surface area contributed by atoms with E-state index in [1.54, 1.807) is 43.3 Å². The molecule has 2 heterocycles. The molecular weight excluding hydrogens is 500 g/mol. The number of nitrogens with zero attached hydrogens (tertiary/aromatic N) is 2. The summed E-state index contributed by atoms with van der Waals surface area (Å²) in [6.07, 6.45) is -1.08. The number of hydrogen-bond donors (Lipinski definition) is 0. The number of rotatable bonds is 3. The van der Waals surface area contributed by atoms with Crippen molar-refractivity contribution in [2.24, 2.45) is 11.8 Å². The first-order chi connectivity index (χ1) is 17.7. The zero-order valence-electron chi connectivity index (χ0n) is 19.2. The summed E-state index contributed by atoms with van der Waals surface area (Å²) >= 11 is 6.04. The van der Waals surface area contributed by atoms with Crippen LogP contribution in [0.2, 0.25) is 5.02 Å². The number of halogens is 1. The molecule has 2 saturated heterocycles. The maximum atomic E-state index is 14.0. The van der Waals surface area contributed by atoms with Crippen molar-refractivity contribution in [2.75, 3.05) is 4.90 Å². The van der Waals surface area contributed by atoms with Gasteiger partial charge < -0.3 is 4.74 Å². The predicted molar refractivity (Wildman–Crippen MR) is 130 cm³/mol. The van der Waals surface area contributed by atoms with Crippen LogP contribution in [-0.2, 0) is 14.3 Å². The fourth-order valence-corrected chi connectivity index (χ4v) is 5.84. The highest BCUT2D eigenvalue weighted by Gasteiger charge is 2.74. The number of anilines is 1. The fourth-order valence-electron chi connectivity index (χ4n) is 5.71. The zero-order chi connectivity index (χ0) is 26.2. The number of fused-ring (bicyclic) bond motifs is 3. The van der Waals surface area contributed by atoms with E-state index >= 15 is 0 Å². The molecular formula is C27H17ClN2O7. The van der Waals surface area contributed by atoms with Crippen LogP contribution < -0.4 is 4.90 Å². The van der Waals surface area contributed by atoms with E-state index in [2.05, 4.69) is 0 Å². The summed E-state index contributed by atoms with van der Waals surface area (Å²) in [6, 6.07) is 16.4. The molecule has 10 heteroatoms. The van der Waals surface area contributed by atoms with E-state index in [9.17, 15) is 29.3 Å². The molecule has 0 N–H and O–H groups in total. The summed E-state index contributed by atoms with van der Waals surface area (Å²) in [5.74, 6) is -5.34. The van der Waals surface area contributed by atoms with Crippen molar-refractivity contribution in [3.8, 4) is 0 Å². The van der Waals surface area contributed by atoms with Crippen molar-refractivity contribution in [1.29, 1.82) is 0 Å². The van der Waals surface area contributed by atoms with E-state index in [1.807, 2.05) is 0 Å². The number of hydrogen-bond acceptors (Lipinski definition) is 7. The van der Waals surface area contributed by atoms with Crippen molar-refractivity contribution >= 4 is 46.4 Å². The highest BCUT2D eigenvalue weighted by Crippen LogP contribution is 2.58. The minimum absolute atomic E-state index is 0.133. The summed E-state index contributed by atoms with van der Waals surface area (Å²) in [6.45, 7) is 1.54. The van der Waals surface area contributed by atoms with Gasteiger partial charge in [0.05, 0.1) is 28.6 Å². The Morgan fingerprint density at radius 2 is 1.54 bits per heavy atom. The molecule has 0 radical (unpaired) electrons. The number of amides is 2. The van der Waals surface area contributed by atoms with Gasteiger partial charge in [0.2, 0.25) is 29.0 Å². The molecule has 3 aliphatic rings. The van der Waals surface area contributed by atoms with E-state index in [0.717, 1.165) is 4.90 Å². The number of carbonyl (C=O) groups is 4. The van der Waals surface area contributed by atoms with Gasteiger partial charge in [-0.05, 0) is 36.2 Å². The summed E-state index contributed by atoms with van der Waals surface area (Å²) in [4.78, 5) is 66.9. The third-order valence-corrected chi connectivity index (χ3v) is 7.60. The molecule has 2 aliphatic heterocycles. The molecule has 0 unspecified atom stereocenters. The lowest BCUT2D eigenvalue weighted by Gasteiger charge is -2.27. The first-order valence-corrected chi connectivity index (χ1v) is 11.8. The molecule has 6 rings (SSSR count). The van der Waals surface area contributed by atoms with Gasteiger partial charge in [0.1, 0.15) is 0 Å². The SMILES string of the molecule is Cc1cc([N+](=O)[O-])ccc1N1C(=O)[C@@H]2[C@@H](c3ccc(Cl)cc3)OC3(C(=O)c4ccccc4C3=O)[C@H]2C1=O. The van der Waals surface area contributed by atoms with Gasteiger partial charge in [0, 0.05) is 28.3 Å². The number of aryl methyl sites for hydroxylation is 1. The van der Waals surface area contributed by atoms with Crippen LogP contribution in [0.1, 0.15) is 37.9 Å². The van der Waals surface area contributed by atoms with Gasteiger partial charge >= 0.3 is 0 Å². The molecule has 1 aliphatic carbocycles. The van der Waals surface area contributed by atoms with Crippen LogP contribution in [0.3, 0.4) is 0 Å². The third-order valence-electron chi connectivity index (χ3n) is 7.35. The average molecular weight is 517 g/mol. The Morgan fingerprint density at radius 3 is 2.11 bits per heavy atom. The average Bonchev–Trinajstić information content (AvgIpc) is 3.45. The summed E-state index contributed by atoms with van der Waals surface area (Å²) in [5.41, 5.74) is -1.18. The Balaban J connectivity index is 1.53. The lowest BCUT2D eigenvalue weighted by Crippen LogP contribution is -2.51. The number of nitro groups is 1. The maximum Gasteiger partial charge on any atom is 0.269 e. The smallest absolute Gasteiger partial charge is 0.269 e. The molecule has 3 aromatic carbocycles. The van der Waals surface area contributed by atoms with Crippen molar-refractivity contribution in [1.82, 2.24) is 0 Å². The first-order valence-electron chi connectivity index (χ1n) is 11.4. The monoisotopic (exact) mass is 516 g/mol. The van der Waals surface area contributed by atoms with Crippen LogP contribution in [0.4, 0.5) is 11.4 Å². The number of non-ortho nitro benzene ring substituents is 1. The van der Waals surface area contributed by atoms with Crippen LogP contribution in [0.25, 0.3) is 0 Å². The molecule has 184 valence electrons. The molecule has 0 bridgehead atoms. The number of benzene rings is 3. The third kappa shape index (κ3) is 3.01. The Bertz CT molecular complexity index is 1530. The fraction of sp³-hybridized carbons (Fsp3) is 0.185. The van der Waals surface area contributed by atoms with Gasteiger partial charge in [0.15, 0.2) is 0 Å². The molecule has 3 aromatic rings. The molecule has 1 spiro atoms. The predicted octanol–water partition coefficient (Wildman–Crippen LogP) is 4.25. The number of imide groups is 1. The second-order valence-corrected chi connectivity index (χ2v) is 9.71. The second kappa shape index (κ2) is 7.89. The van der Waals surface area contributed by atoms with Crippen LogP contribution >= 0.6 is 11.6 Å². The van der Waals surface area contributed by atoms with Gasteiger partial charge in [0.25, 0.3) is 5.69 Å². The molecule has 2 amide bonds. The normalized spacial score (nSPS) is 23.6. The molecule has 0 aromatic heterocycles. The second-order valence-electron chi connectivity index (χ2n) is 9.27. The minimum Gasteiger partial charge on any atom is -0.349 e. The number of carbonyl (C=O) groups excluding carboxylic acids is 4. The highest BCUT2D eigenvalue weighted by molar-refractivity contribution is 6.37. The Hall–Kier alpha value is -4.21. The minimum atomic E-state index is -2.20. The number of nitro benzene ring substituents is 1. The van der Waals surface area contributed by atoms with Crippen molar-refractivity contribution in [3.63, 3.8) is 0 Å². The lowest BCUT2D eigenvalue weighted by molar-refractivity contribution is -0.384. The molecule has 2 fully saturated rings. The summed E-state index contributed by atoms with van der Waals surface area (Å²) < 4.78 is 6.22. The summed E-state index contributed by atoms with van der Waals surface area (Å²) in [5, 5.41) is 11.6. The van der Waals surface area contributed by atoms with Crippen molar-refractivity contribution in [3.05, 3.63) is 104 Å². The van der Waals surface area contributed by atoms with Crippen LogP contribution in [0, 0.1) is 28.9 Å². The van der Waals surface area contributed by atoms with E-state index in [-0.39, 0.29) is 22.5 Å². The van der Waals surface area contributed by atoms with Crippen molar-refractivity contribution < 1.29 is 28.8 Å². The standard InChI is InChI=1S/C27H17ClN2O7/c1-13-12-16(30(35)36)10-11-19(13)29-25(33)20-21(26(29)34)27(37-22(20)14-6-8-15(28)9-7-14)23(31)17-4-2-3-5-18(17)24(27)32/h2-12,20-22H,1H3/t20-,21+,22+/m0/s1. The van der Waals surface area contributed by atoms with Crippen LogP contribution in [0.15, 0.2) is 66.7 Å². The largest absolute Gasteiger partial charge is 0.349 e. The Morgan fingerprint density at radius 1 is 0.919 bits per heavy atom. The van der Waals surface area contributed by atoms with E-state index in [1.165, 1.54) is 30.3 Å². The molecule has 3 atom stereocenters. The molecule has 0 saturated carbocycles. The van der Waals surface area contributed by atoms with E-state index in [4.69, 9.17) is 16.3 Å². The van der Waals surface area contributed by atoms with Crippen molar-refractivity contribution in [2.45, 2.75) is 18.6 Å². The summed E-state index contributed by atoms with van der Waals surface area (Å²) in [7, 11) is 0. The van der Waals surface area contributed by atoms with E-state index < -0.39 is 51.8 Å². The van der Waals surface area contributed by atoms with Gasteiger partial charge in [-0.3, -0.25) is 29.3 Å². The maximum absolute atomic E-state index is 14.0. The van der Waals surface area contributed by atoms with Crippen LogP contribution in [0.5, 0.6) is 0 Å². The Labute approximate surface area is 214 Å². The van der Waals surface area contributed by atoms with Gasteiger partial charge in [-0.1, -0.05) is 48.0 Å². The zero-order valence-corrected chi connectivity index (χ0v) is 20.0. The van der Waals surface area contributed by atoms with Gasteiger partial charge in [-0.15, -0.1) is 0 Å². The first kappa shape index (κ1) is 23.2. The number of ketones is 2. The van der Waals surface area contributed by atoms with Gasteiger partial charge in [-0.2, -0.15) is 0 Å². The van der Waals surface area contributed by atoms with Gasteiger partial charge in [-0.25, -0.2) is 4.90 Å². The van der Waals surface area contributed by atoms with E-state index in [0.29, 0.717) is 16.1 Å². The number of ether oxygens (including phenoxy) is 1. The number of Topliss-reactive ketones (excluding diaryl/α,β-unsaturated/α-hetero) is 2. The Kier molecular flexibility index (Phi) is 4.95. The quantitative estimate of drug-likeness (QED) is 0.220. The molecule has 9 nitrogen and oxygen atoms in total. The lowest BCUT2D eigenvalue weighted by atomic mass is 9.77. The van der Waals surface area contributed by atoms with Crippen LogP contribution in [-0.4, -0.2) is 33.9 Å². The highest BCUT2D eigenvalue weighted by atomic mass is 35.5.